The molecule has 3 aromatic rings. The van der Waals surface area contributed by atoms with Crippen molar-refractivity contribution < 1.29 is 0 Å². The molecule has 0 unspecified atom stereocenters. The Balaban J connectivity index is 1.38. The molecule has 0 bridgehead atoms. The minimum Gasteiger partial charge on any atom is -0.310 e. The number of aromatic amines is 2. The summed E-state index contributed by atoms with van der Waals surface area (Å²) in [5, 5.41) is 9.40. The molecule has 1 aliphatic carbocycles. The molecule has 1 saturated carbocycles. The van der Waals surface area contributed by atoms with Gasteiger partial charge in [0.15, 0.2) is 0 Å². The molecular formula is C18H19N5OS. The molecule has 0 saturated heterocycles. The smallest absolute Gasteiger partial charge is 0.255 e. The van der Waals surface area contributed by atoms with Crippen molar-refractivity contribution in [2.45, 2.75) is 38.3 Å². The van der Waals surface area contributed by atoms with E-state index in [0.29, 0.717) is 12.5 Å². The molecule has 0 aromatic carbocycles. The summed E-state index contributed by atoms with van der Waals surface area (Å²) in [4.78, 5) is 23.7. The lowest BCUT2D eigenvalue weighted by Gasteiger charge is -2.27. The zero-order valence-corrected chi connectivity index (χ0v) is 14.6. The zero-order chi connectivity index (χ0) is 16.8. The van der Waals surface area contributed by atoms with Gasteiger partial charge in [0.25, 0.3) is 5.56 Å². The Kier molecular flexibility index (Phi) is 3.57. The third-order valence-corrected chi connectivity index (χ3v) is 5.90. The van der Waals surface area contributed by atoms with Gasteiger partial charge in [-0.05, 0) is 24.3 Å². The summed E-state index contributed by atoms with van der Waals surface area (Å²) in [5.74, 6) is 1.38. The van der Waals surface area contributed by atoms with Crippen molar-refractivity contribution in [2.75, 3.05) is 6.54 Å². The van der Waals surface area contributed by atoms with Crippen molar-refractivity contribution in [3.8, 4) is 10.6 Å². The molecule has 1 fully saturated rings. The van der Waals surface area contributed by atoms with Crippen molar-refractivity contribution in [1.29, 1.82) is 0 Å². The fourth-order valence-corrected chi connectivity index (χ4v) is 4.25. The minimum absolute atomic E-state index is 0.0438. The molecule has 5 rings (SSSR count). The number of hydrogen-bond donors (Lipinski definition) is 2. The van der Waals surface area contributed by atoms with Crippen LogP contribution in [0.4, 0.5) is 0 Å². The molecule has 0 spiro atoms. The van der Waals surface area contributed by atoms with Gasteiger partial charge in [-0.2, -0.15) is 5.10 Å². The highest BCUT2D eigenvalue weighted by Crippen LogP contribution is 2.38. The summed E-state index contributed by atoms with van der Waals surface area (Å²) in [6, 6.07) is 4.14. The SMILES string of the molecule is O=c1[nH]c(C2CC2)nc2c1CN(Cc1cn[nH]c1-c1cccs1)CC2. The van der Waals surface area contributed by atoms with Gasteiger partial charge in [-0.1, -0.05) is 6.07 Å². The van der Waals surface area contributed by atoms with Crippen LogP contribution in [0.15, 0.2) is 28.5 Å². The highest BCUT2D eigenvalue weighted by Gasteiger charge is 2.29. The lowest BCUT2D eigenvalue weighted by molar-refractivity contribution is 0.241. The highest BCUT2D eigenvalue weighted by molar-refractivity contribution is 7.13. The molecule has 0 radical (unpaired) electrons. The number of aromatic nitrogens is 4. The van der Waals surface area contributed by atoms with Gasteiger partial charge in [-0.15, -0.1) is 11.3 Å². The van der Waals surface area contributed by atoms with Crippen LogP contribution in [0.5, 0.6) is 0 Å². The Bertz CT molecular complexity index is 954. The van der Waals surface area contributed by atoms with Crippen LogP contribution in [0.3, 0.4) is 0 Å². The summed E-state index contributed by atoms with van der Waals surface area (Å²) in [6.45, 7) is 2.35. The van der Waals surface area contributed by atoms with Gasteiger partial charge in [0, 0.05) is 37.5 Å². The van der Waals surface area contributed by atoms with E-state index in [2.05, 4.69) is 31.5 Å². The first-order chi connectivity index (χ1) is 12.3. The first-order valence-corrected chi connectivity index (χ1v) is 9.56. The quantitative estimate of drug-likeness (QED) is 0.756. The largest absolute Gasteiger partial charge is 0.310 e. The predicted molar refractivity (Wildman–Crippen MR) is 96.6 cm³/mol. The van der Waals surface area contributed by atoms with E-state index in [9.17, 15) is 4.79 Å². The van der Waals surface area contributed by atoms with Crippen molar-refractivity contribution in [3.05, 3.63) is 56.7 Å². The van der Waals surface area contributed by atoms with Gasteiger partial charge in [0.1, 0.15) is 5.82 Å². The first-order valence-electron chi connectivity index (χ1n) is 8.68. The molecule has 6 nitrogen and oxygen atoms in total. The number of thiophene rings is 1. The molecule has 3 aromatic heterocycles. The summed E-state index contributed by atoms with van der Waals surface area (Å²) >= 11 is 1.70. The van der Waals surface area contributed by atoms with E-state index in [1.165, 1.54) is 10.4 Å². The van der Waals surface area contributed by atoms with Crippen LogP contribution in [-0.4, -0.2) is 31.6 Å². The van der Waals surface area contributed by atoms with Gasteiger partial charge in [0.05, 0.1) is 28.0 Å². The molecule has 128 valence electrons. The van der Waals surface area contributed by atoms with E-state index in [-0.39, 0.29) is 5.56 Å². The monoisotopic (exact) mass is 353 g/mol. The van der Waals surface area contributed by atoms with Crippen LogP contribution in [0.2, 0.25) is 0 Å². The lowest BCUT2D eigenvalue weighted by atomic mass is 10.1. The summed E-state index contributed by atoms with van der Waals surface area (Å²) < 4.78 is 0. The maximum absolute atomic E-state index is 12.5. The van der Waals surface area contributed by atoms with E-state index in [1.54, 1.807) is 11.3 Å². The van der Waals surface area contributed by atoms with Gasteiger partial charge in [-0.3, -0.25) is 14.8 Å². The Morgan fingerprint density at radius 2 is 2.28 bits per heavy atom. The number of hydrogen-bond acceptors (Lipinski definition) is 5. The predicted octanol–water partition coefficient (Wildman–Crippen LogP) is 2.66. The van der Waals surface area contributed by atoms with Crippen LogP contribution >= 0.6 is 11.3 Å². The molecule has 7 heteroatoms. The van der Waals surface area contributed by atoms with Crippen LogP contribution in [-0.2, 0) is 19.5 Å². The standard InChI is InChI=1S/C18H19N5OS/c24-18-13-10-23(6-5-14(13)20-17(21-18)11-3-4-11)9-12-8-19-22-16(12)15-2-1-7-25-15/h1-2,7-8,11H,3-6,9-10H2,(H,19,22)(H,20,21,24). The molecule has 25 heavy (non-hydrogen) atoms. The van der Waals surface area contributed by atoms with E-state index in [1.807, 2.05) is 12.3 Å². The minimum atomic E-state index is 0.0438. The van der Waals surface area contributed by atoms with E-state index < -0.39 is 0 Å². The van der Waals surface area contributed by atoms with E-state index in [4.69, 9.17) is 4.98 Å². The Hall–Kier alpha value is -2.25. The number of fused-ring (bicyclic) bond motifs is 1. The van der Waals surface area contributed by atoms with Crippen LogP contribution in [0.25, 0.3) is 10.6 Å². The molecule has 0 amide bonds. The topological polar surface area (TPSA) is 77.7 Å². The normalized spacial score (nSPS) is 17.6. The molecule has 2 N–H and O–H groups in total. The third-order valence-electron chi connectivity index (χ3n) is 5.01. The molecule has 1 aliphatic heterocycles. The summed E-state index contributed by atoms with van der Waals surface area (Å²) in [7, 11) is 0. The fraction of sp³-hybridized carbons (Fsp3) is 0.389. The van der Waals surface area contributed by atoms with Crippen LogP contribution in [0.1, 0.15) is 41.4 Å². The van der Waals surface area contributed by atoms with Crippen LogP contribution in [0, 0.1) is 0 Å². The van der Waals surface area contributed by atoms with Gasteiger partial charge in [-0.25, -0.2) is 4.98 Å². The number of nitrogens with one attached hydrogen (secondary N) is 2. The second kappa shape index (κ2) is 5.93. The number of H-pyrrole nitrogens is 2. The van der Waals surface area contributed by atoms with Crippen molar-refractivity contribution in [2.24, 2.45) is 0 Å². The second-order valence-electron chi connectivity index (χ2n) is 6.86. The van der Waals surface area contributed by atoms with Crippen molar-refractivity contribution in [1.82, 2.24) is 25.1 Å². The van der Waals surface area contributed by atoms with E-state index in [0.717, 1.165) is 55.1 Å². The van der Waals surface area contributed by atoms with Gasteiger partial charge < -0.3 is 4.98 Å². The molecule has 2 aliphatic rings. The average Bonchev–Trinajstić information content (AvgIpc) is 3.13. The highest BCUT2D eigenvalue weighted by atomic mass is 32.1. The summed E-state index contributed by atoms with van der Waals surface area (Å²) in [6.07, 6.45) is 5.04. The average molecular weight is 353 g/mol. The lowest BCUT2D eigenvalue weighted by Crippen LogP contribution is -2.35. The number of nitrogens with zero attached hydrogens (tertiary/aromatic N) is 3. The van der Waals surface area contributed by atoms with E-state index >= 15 is 0 Å². The molecule has 0 atom stereocenters. The van der Waals surface area contributed by atoms with Crippen LogP contribution < -0.4 is 5.56 Å². The zero-order valence-electron chi connectivity index (χ0n) is 13.8. The molecule has 4 heterocycles. The van der Waals surface area contributed by atoms with Crippen molar-refractivity contribution in [3.63, 3.8) is 0 Å². The van der Waals surface area contributed by atoms with Gasteiger partial charge in [0.2, 0.25) is 0 Å². The van der Waals surface area contributed by atoms with Crippen molar-refractivity contribution >= 4 is 11.3 Å². The molecular weight excluding hydrogens is 334 g/mol. The maximum atomic E-state index is 12.5. The second-order valence-corrected chi connectivity index (χ2v) is 7.81. The Morgan fingerprint density at radius 1 is 1.36 bits per heavy atom. The maximum Gasteiger partial charge on any atom is 0.255 e. The summed E-state index contributed by atoms with van der Waals surface area (Å²) in [5.41, 5.74) is 4.12. The Labute approximate surface area is 148 Å². The third kappa shape index (κ3) is 2.83. The number of rotatable bonds is 4. The fourth-order valence-electron chi connectivity index (χ4n) is 3.49. The van der Waals surface area contributed by atoms with Gasteiger partial charge >= 0.3 is 0 Å². The Morgan fingerprint density at radius 3 is 3.08 bits per heavy atom. The first kappa shape index (κ1) is 15.0.